The van der Waals surface area contributed by atoms with Gasteiger partial charge in [-0.25, -0.2) is 0 Å². The number of aromatic hydroxyl groups is 1. The third kappa shape index (κ3) is 5.17. The summed E-state index contributed by atoms with van der Waals surface area (Å²) in [6.07, 6.45) is -9.89. The first-order valence-corrected chi connectivity index (χ1v) is 8.85. The van der Waals surface area contributed by atoms with E-state index in [1.807, 2.05) is 0 Å². The molecule has 0 unspecified atom stereocenters. The van der Waals surface area contributed by atoms with Gasteiger partial charge in [0.05, 0.1) is 11.1 Å². The molecule has 0 radical (unpaired) electrons. The molecule has 0 aliphatic carbocycles. The maximum atomic E-state index is 13.0. The van der Waals surface area contributed by atoms with Gasteiger partial charge >= 0.3 is 12.4 Å². The van der Waals surface area contributed by atoms with Crippen molar-refractivity contribution in [2.75, 3.05) is 5.32 Å². The number of carbonyl (C=O) groups excluding carboxylic acids is 1. The number of nitrogens with one attached hydrogen (secondary N) is 1. The van der Waals surface area contributed by atoms with Crippen LogP contribution >= 0.6 is 0 Å². The van der Waals surface area contributed by atoms with Gasteiger partial charge in [-0.3, -0.25) is 4.79 Å². The first kappa shape index (κ1) is 22.2. The van der Waals surface area contributed by atoms with Crippen molar-refractivity contribution in [1.82, 2.24) is 0 Å². The van der Waals surface area contributed by atoms with Crippen molar-refractivity contribution in [3.05, 3.63) is 82.9 Å². The van der Waals surface area contributed by atoms with E-state index in [0.717, 1.165) is 0 Å². The number of aryl methyl sites for hydroxylation is 1. The number of amides is 1. The number of phenolic OH excluding ortho intramolecular Hbond substituents is 1. The van der Waals surface area contributed by atoms with Crippen LogP contribution in [0.25, 0.3) is 11.1 Å². The molecular weight excluding hydrogens is 424 g/mol. The number of anilines is 1. The monoisotopic (exact) mass is 439 g/mol. The summed E-state index contributed by atoms with van der Waals surface area (Å²) in [6.45, 7) is 1.64. The van der Waals surface area contributed by atoms with Crippen LogP contribution in [0.15, 0.2) is 60.7 Å². The van der Waals surface area contributed by atoms with E-state index in [1.54, 1.807) is 13.0 Å². The van der Waals surface area contributed by atoms with Crippen molar-refractivity contribution in [2.45, 2.75) is 19.3 Å². The summed E-state index contributed by atoms with van der Waals surface area (Å²) in [6, 6.07) is 10.9. The summed E-state index contributed by atoms with van der Waals surface area (Å²) < 4.78 is 78.3. The van der Waals surface area contributed by atoms with Crippen LogP contribution in [0.1, 0.15) is 27.0 Å². The topological polar surface area (TPSA) is 49.3 Å². The van der Waals surface area contributed by atoms with Crippen LogP contribution in [0, 0.1) is 6.92 Å². The molecule has 0 aliphatic rings. The smallest absolute Gasteiger partial charge is 0.416 e. The second-order valence-corrected chi connectivity index (χ2v) is 6.83. The molecule has 0 saturated heterocycles. The molecule has 0 aliphatic heterocycles. The fraction of sp³-hybridized carbons (Fsp3) is 0.136. The van der Waals surface area contributed by atoms with Crippen LogP contribution in [0.5, 0.6) is 5.75 Å². The van der Waals surface area contributed by atoms with E-state index in [0.29, 0.717) is 23.4 Å². The molecule has 2 N–H and O–H groups in total. The molecule has 3 nitrogen and oxygen atoms in total. The Labute approximate surface area is 173 Å². The third-order valence-corrected chi connectivity index (χ3v) is 4.52. The van der Waals surface area contributed by atoms with E-state index < -0.39 is 29.4 Å². The van der Waals surface area contributed by atoms with Gasteiger partial charge in [-0.1, -0.05) is 12.1 Å². The summed E-state index contributed by atoms with van der Waals surface area (Å²) in [4.78, 5) is 12.4. The van der Waals surface area contributed by atoms with Gasteiger partial charge in [-0.15, -0.1) is 0 Å². The Bertz CT molecular complexity index is 1090. The van der Waals surface area contributed by atoms with Crippen LogP contribution in [0.2, 0.25) is 0 Å². The standard InChI is InChI=1S/C22H15F6NO2/c1-12-8-18(6-7-19(12)30)29-20(31)14-4-2-13(3-5-14)15-9-16(21(23,24)25)11-17(10-15)22(26,27)28/h2-11,30H,1H3,(H,29,31). The lowest BCUT2D eigenvalue weighted by molar-refractivity contribution is -0.143. The van der Waals surface area contributed by atoms with Gasteiger partial charge in [0.25, 0.3) is 5.91 Å². The first-order valence-electron chi connectivity index (χ1n) is 8.85. The zero-order valence-corrected chi connectivity index (χ0v) is 15.9. The fourth-order valence-electron chi connectivity index (χ4n) is 2.87. The van der Waals surface area contributed by atoms with Crippen LogP contribution in [-0.4, -0.2) is 11.0 Å². The first-order chi connectivity index (χ1) is 14.3. The number of alkyl halides is 6. The van der Waals surface area contributed by atoms with E-state index >= 15 is 0 Å². The highest BCUT2D eigenvalue weighted by atomic mass is 19.4. The lowest BCUT2D eigenvalue weighted by Gasteiger charge is -2.14. The predicted octanol–water partition coefficient (Wildman–Crippen LogP) is 6.66. The van der Waals surface area contributed by atoms with Crippen LogP contribution in [-0.2, 0) is 12.4 Å². The number of halogens is 6. The molecule has 162 valence electrons. The van der Waals surface area contributed by atoms with E-state index in [2.05, 4.69) is 5.32 Å². The second kappa shape index (κ2) is 7.98. The summed E-state index contributed by atoms with van der Waals surface area (Å²) >= 11 is 0. The average Bonchev–Trinajstić information content (AvgIpc) is 2.69. The fourth-order valence-corrected chi connectivity index (χ4v) is 2.87. The molecule has 9 heteroatoms. The average molecular weight is 439 g/mol. The molecule has 0 heterocycles. The number of hydrogen-bond acceptors (Lipinski definition) is 2. The minimum atomic E-state index is -4.95. The van der Waals surface area contributed by atoms with Crippen molar-refractivity contribution in [3.63, 3.8) is 0 Å². The van der Waals surface area contributed by atoms with Gasteiger partial charge < -0.3 is 10.4 Å². The van der Waals surface area contributed by atoms with Crippen LogP contribution in [0.3, 0.4) is 0 Å². The predicted molar refractivity (Wildman–Crippen MR) is 103 cm³/mol. The zero-order valence-electron chi connectivity index (χ0n) is 15.9. The Balaban J connectivity index is 1.90. The molecule has 0 aromatic heterocycles. The van der Waals surface area contributed by atoms with Crippen molar-refractivity contribution in [2.24, 2.45) is 0 Å². The molecule has 3 aromatic carbocycles. The Morgan fingerprint density at radius 2 is 1.32 bits per heavy atom. The molecule has 0 atom stereocenters. The van der Waals surface area contributed by atoms with E-state index in [9.17, 15) is 36.2 Å². The Kier molecular flexibility index (Phi) is 5.71. The molecule has 0 fully saturated rings. The molecule has 0 saturated carbocycles. The second-order valence-electron chi connectivity index (χ2n) is 6.83. The Hall–Kier alpha value is -3.49. The number of benzene rings is 3. The maximum Gasteiger partial charge on any atom is 0.416 e. The van der Waals surface area contributed by atoms with Crippen molar-refractivity contribution < 1.29 is 36.2 Å². The lowest BCUT2D eigenvalue weighted by Crippen LogP contribution is -2.12. The third-order valence-electron chi connectivity index (χ3n) is 4.52. The summed E-state index contributed by atoms with van der Waals surface area (Å²) in [5.41, 5.74) is -1.91. The normalized spacial score (nSPS) is 12.0. The van der Waals surface area contributed by atoms with Crippen LogP contribution in [0.4, 0.5) is 32.0 Å². The molecular formula is C22H15F6NO2. The Morgan fingerprint density at radius 1 is 0.774 bits per heavy atom. The molecule has 31 heavy (non-hydrogen) atoms. The van der Waals surface area contributed by atoms with E-state index in [1.165, 1.54) is 36.4 Å². The Morgan fingerprint density at radius 3 is 1.81 bits per heavy atom. The van der Waals surface area contributed by atoms with Gasteiger partial charge in [-0.05, 0) is 72.1 Å². The number of rotatable bonds is 3. The lowest BCUT2D eigenvalue weighted by atomic mass is 9.98. The number of carbonyl (C=O) groups is 1. The SMILES string of the molecule is Cc1cc(NC(=O)c2ccc(-c3cc(C(F)(F)F)cc(C(F)(F)F)c3)cc2)ccc1O. The van der Waals surface area contributed by atoms with E-state index in [-0.39, 0.29) is 28.5 Å². The van der Waals surface area contributed by atoms with Crippen molar-refractivity contribution >= 4 is 11.6 Å². The highest BCUT2D eigenvalue weighted by molar-refractivity contribution is 6.04. The molecule has 1 amide bonds. The van der Waals surface area contributed by atoms with Gasteiger partial charge in [0, 0.05) is 11.3 Å². The van der Waals surface area contributed by atoms with Gasteiger partial charge in [0.2, 0.25) is 0 Å². The largest absolute Gasteiger partial charge is 0.508 e. The van der Waals surface area contributed by atoms with Crippen molar-refractivity contribution in [1.29, 1.82) is 0 Å². The van der Waals surface area contributed by atoms with Gasteiger partial charge in [-0.2, -0.15) is 26.3 Å². The number of phenols is 1. The minimum absolute atomic E-state index is 0.0571. The highest BCUT2D eigenvalue weighted by Gasteiger charge is 2.37. The molecule has 3 rings (SSSR count). The van der Waals surface area contributed by atoms with Crippen molar-refractivity contribution in [3.8, 4) is 16.9 Å². The number of hydrogen-bond donors (Lipinski definition) is 2. The molecule has 0 spiro atoms. The van der Waals surface area contributed by atoms with Gasteiger partial charge in [0.15, 0.2) is 0 Å². The van der Waals surface area contributed by atoms with Crippen LogP contribution < -0.4 is 5.32 Å². The quantitative estimate of drug-likeness (QED) is 0.354. The van der Waals surface area contributed by atoms with Gasteiger partial charge in [0.1, 0.15) is 5.75 Å². The van der Waals surface area contributed by atoms with E-state index in [4.69, 9.17) is 0 Å². The summed E-state index contributed by atoms with van der Waals surface area (Å²) in [7, 11) is 0. The highest BCUT2D eigenvalue weighted by Crippen LogP contribution is 2.38. The zero-order chi connectivity index (χ0) is 23.0. The molecule has 0 bridgehead atoms. The maximum absolute atomic E-state index is 13.0. The summed E-state index contributed by atoms with van der Waals surface area (Å²) in [5.74, 6) is -0.474. The summed E-state index contributed by atoms with van der Waals surface area (Å²) in [5, 5.41) is 12.1. The minimum Gasteiger partial charge on any atom is -0.508 e. The molecule has 3 aromatic rings.